The number of methoxy groups -OCH3 is 1. The molecule has 0 bridgehead atoms. The van der Waals surface area contributed by atoms with E-state index in [1.165, 1.54) is 7.11 Å². The lowest BCUT2D eigenvalue weighted by Crippen LogP contribution is -2.44. The number of ether oxygens (including phenoxy) is 1. The second-order valence-electron chi connectivity index (χ2n) is 4.78. The number of carbonyl (C=O) groups excluding carboxylic acids is 1. The predicted molar refractivity (Wildman–Crippen MR) is 82.6 cm³/mol. The van der Waals surface area contributed by atoms with E-state index in [1.807, 2.05) is 30.3 Å². The fourth-order valence-corrected chi connectivity index (χ4v) is 2.07. The fraction of sp³-hybridized carbons (Fsp3) is 0.471. The minimum Gasteiger partial charge on any atom is -0.468 e. The Kier molecular flexibility index (Phi) is 7.66. The van der Waals surface area contributed by atoms with E-state index in [1.54, 1.807) is 0 Å². The van der Waals surface area contributed by atoms with Crippen molar-refractivity contribution in [3.63, 3.8) is 0 Å². The summed E-state index contributed by atoms with van der Waals surface area (Å²) in [5, 5.41) is 3.38. The van der Waals surface area contributed by atoms with Gasteiger partial charge < -0.3 is 4.74 Å². The number of allylic oxidation sites excluding steroid dienone is 1. The van der Waals surface area contributed by atoms with E-state index in [0.29, 0.717) is 6.42 Å². The van der Waals surface area contributed by atoms with Gasteiger partial charge >= 0.3 is 5.97 Å². The van der Waals surface area contributed by atoms with Gasteiger partial charge in [0.15, 0.2) is 0 Å². The van der Waals surface area contributed by atoms with Crippen molar-refractivity contribution in [2.45, 2.75) is 45.2 Å². The molecular formula is C17H25NO2. The topological polar surface area (TPSA) is 38.3 Å². The SMILES string of the molecule is CC/C=C/[C@H](CC)N[C@@H](Cc1ccccc1)C(=O)OC. The molecule has 0 radical (unpaired) electrons. The van der Waals surface area contributed by atoms with Crippen LogP contribution in [0.5, 0.6) is 0 Å². The summed E-state index contributed by atoms with van der Waals surface area (Å²) in [6, 6.07) is 9.89. The lowest BCUT2D eigenvalue weighted by molar-refractivity contribution is -0.143. The Balaban J connectivity index is 2.73. The van der Waals surface area contributed by atoms with Crippen LogP contribution in [0, 0.1) is 0 Å². The molecule has 0 saturated carbocycles. The van der Waals surface area contributed by atoms with Gasteiger partial charge in [0.1, 0.15) is 6.04 Å². The lowest BCUT2D eigenvalue weighted by Gasteiger charge is -2.21. The number of nitrogens with one attached hydrogen (secondary N) is 1. The molecule has 2 atom stereocenters. The van der Waals surface area contributed by atoms with Gasteiger partial charge in [0.25, 0.3) is 0 Å². The molecule has 20 heavy (non-hydrogen) atoms. The molecular weight excluding hydrogens is 250 g/mol. The first-order valence-corrected chi connectivity index (χ1v) is 7.25. The Labute approximate surface area is 122 Å². The number of rotatable bonds is 8. The van der Waals surface area contributed by atoms with Crippen LogP contribution in [-0.4, -0.2) is 25.2 Å². The van der Waals surface area contributed by atoms with Gasteiger partial charge in [-0.15, -0.1) is 0 Å². The van der Waals surface area contributed by atoms with Gasteiger partial charge in [0.05, 0.1) is 7.11 Å². The number of esters is 1. The molecule has 0 heterocycles. The molecule has 0 spiro atoms. The molecule has 0 aliphatic rings. The summed E-state index contributed by atoms with van der Waals surface area (Å²) in [5.74, 6) is -0.211. The second-order valence-corrected chi connectivity index (χ2v) is 4.78. The van der Waals surface area contributed by atoms with Crippen LogP contribution in [0.4, 0.5) is 0 Å². The highest BCUT2D eigenvalue weighted by Gasteiger charge is 2.21. The third-order valence-electron chi connectivity index (χ3n) is 3.23. The molecule has 1 N–H and O–H groups in total. The average Bonchev–Trinajstić information content (AvgIpc) is 2.50. The third-order valence-corrected chi connectivity index (χ3v) is 3.23. The van der Waals surface area contributed by atoms with Gasteiger partial charge in [-0.1, -0.05) is 56.3 Å². The molecule has 3 nitrogen and oxygen atoms in total. The molecule has 1 aromatic rings. The van der Waals surface area contributed by atoms with E-state index < -0.39 is 0 Å². The number of benzene rings is 1. The zero-order valence-electron chi connectivity index (χ0n) is 12.6. The first-order valence-electron chi connectivity index (χ1n) is 7.25. The monoisotopic (exact) mass is 275 g/mol. The van der Waals surface area contributed by atoms with E-state index in [2.05, 4.69) is 31.3 Å². The Bertz CT molecular complexity index is 414. The van der Waals surface area contributed by atoms with E-state index in [4.69, 9.17) is 4.74 Å². The van der Waals surface area contributed by atoms with Crippen LogP contribution >= 0.6 is 0 Å². The van der Waals surface area contributed by atoms with Gasteiger partial charge in [-0.3, -0.25) is 10.1 Å². The summed E-state index contributed by atoms with van der Waals surface area (Å²) < 4.78 is 4.91. The maximum absolute atomic E-state index is 11.9. The van der Waals surface area contributed by atoms with Gasteiger partial charge in [-0.2, -0.15) is 0 Å². The molecule has 0 saturated heterocycles. The van der Waals surface area contributed by atoms with Crippen molar-refractivity contribution in [2.75, 3.05) is 7.11 Å². The van der Waals surface area contributed by atoms with Crippen molar-refractivity contribution in [3.05, 3.63) is 48.0 Å². The zero-order chi connectivity index (χ0) is 14.8. The minimum absolute atomic E-state index is 0.197. The molecule has 1 aromatic carbocycles. The predicted octanol–water partition coefficient (Wildman–Crippen LogP) is 3.11. The number of hydrogen-bond acceptors (Lipinski definition) is 3. The smallest absolute Gasteiger partial charge is 0.323 e. The van der Waals surface area contributed by atoms with Crippen molar-refractivity contribution in [1.82, 2.24) is 5.32 Å². The normalized spacial score (nSPS) is 14.2. The molecule has 110 valence electrons. The standard InChI is InChI=1S/C17H25NO2/c1-4-6-12-15(5-2)18-16(17(19)20-3)13-14-10-8-7-9-11-14/h6-12,15-16,18H,4-5,13H2,1-3H3/b12-6+/t15-,16-/m0/s1. The van der Waals surface area contributed by atoms with Crippen molar-refractivity contribution in [2.24, 2.45) is 0 Å². The first kappa shape index (κ1) is 16.4. The zero-order valence-corrected chi connectivity index (χ0v) is 12.6. The Morgan fingerprint density at radius 3 is 2.55 bits per heavy atom. The van der Waals surface area contributed by atoms with Crippen molar-refractivity contribution >= 4 is 5.97 Å². The largest absolute Gasteiger partial charge is 0.468 e. The van der Waals surface area contributed by atoms with Crippen molar-refractivity contribution < 1.29 is 9.53 Å². The maximum Gasteiger partial charge on any atom is 0.323 e. The van der Waals surface area contributed by atoms with E-state index in [0.717, 1.165) is 18.4 Å². The number of hydrogen-bond donors (Lipinski definition) is 1. The fourth-order valence-electron chi connectivity index (χ4n) is 2.07. The maximum atomic E-state index is 11.9. The van der Waals surface area contributed by atoms with Gasteiger partial charge in [-0.25, -0.2) is 0 Å². The molecule has 3 heteroatoms. The molecule has 0 aliphatic carbocycles. The summed E-state index contributed by atoms with van der Waals surface area (Å²) in [6.45, 7) is 4.21. The summed E-state index contributed by atoms with van der Waals surface area (Å²) in [5.41, 5.74) is 1.13. The Morgan fingerprint density at radius 1 is 1.30 bits per heavy atom. The van der Waals surface area contributed by atoms with Gasteiger partial charge in [0, 0.05) is 6.04 Å². The number of carbonyl (C=O) groups is 1. The molecule has 1 rings (SSSR count). The van der Waals surface area contributed by atoms with Crippen LogP contribution in [0.15, 0.2) is 42.5 Å². The minimum atomic E-state index is -0.311. The van der Waals surface area contributed by atoms with Crippen LogP contribution in [0.3, 0.4) is 0 Å². The van der Waals surface area contributed by atoms with E-state index in [9.17, 15) is 4.79 Å². The highest BCUT2D eigenvalue weighted by atomic mass is 16.5. The second kappa shape index (κ2) is 9.32. The highest BCUT2D eigenvalue weighted by molar-refractivity contribution is 5.76. The summed E-state index contributed by atoms with van der Waals surface area (Å²) in [4.78, 5) is 11.9. The van der Waals surface area contributed by atoms with Gasteiger partial charge in [0.2, 0.25) is 0 Å². The Hall–Kier alpha value is -1.61. The van der Waals surface area contributed by atoms with Crippen LogP contribution in [-0.2, 0) is 16.0 Å². The van der Waals surface area contributed by atoms with Crippen LogP contribution in [0.1, 0.15) is 32.3 Å². The quantitative estimate of drug-likeness (QED) is 0.585. The van der Waals surface area contributed by atoms with Crippen LogP contribution < -0.4 is 5.32 Å². The van der Waals surface area contributed by atoms with Crippen LogP contribution in [0.25, 0.3) is 0 Å². The summed E-state index contributed by atoms with van der Waals surface area (Å²) in [6.07, 6.45) is 6.83. The lowest BCUT2D eigenvalue weighted by atomic mass is 10.0. The van der Waals surface area contributed by atoms with Gasteiger partial charge in [-0.05, 0) is 24.8 Å². The highest BCUT2D eigenvalue weighted by Crippen LogP contribution is 2.07. The molecule has 0 fully saturated rings. The van der Waals surface area contributed by atoms with E-state index >= 15 is 0 Å². The van der Waals surface area contributed by atoms with Crippen molar-refractivity contribution in [1.29, 1.82) is 0 Å². The molecule has 0 aliphatic heterocycles. The third kappa shape index (κ3) is 5.57. The first-order chi connectivity index (χ1) is 9.71. The molecule has 0 amide bonds. The van der Waals surface area contributed by atoms with Crippen LogP contribution in [0.2, 0.25) is 0 Å². The average molecular weight is 275 g/mol. The Morgan fingerprint density at radius 2 is 2.00 bits per heavy atom. The van der Waals surface area contributed by atoms with E-state index in [-0.39, 0.29) is 18.1 Å². The summed E-state index contributed by atoms with van der Waals surface area (Å²) in [7, 11) is 1.44. The molecule has 0 unspecified atom stereocenters. The molecule has 0 aromatic heterocycles. The van der Waals surface area contributed by atoms with Crippen molar-refractivity contribution in [3.8, 4) is 0 Å². The summed E-state index contributed by atoms with van der Waals surface area (Å²) >= 11 is 0.